The number of imidazole rings is 1. The van der Waals surface area contributed by atoms with Crippen molar-refractivity contribution in [2.75, 3.05) is 19.6 Å². The van der Waals surface area contributed by atoms with Crippen LogP contribution in [0.2, 0.25) is 0 Å². The van der Waals surface area contributed by atoms with Gasteiger partial charge < -0.3 is 30.7 Å². The zero-order valence-electron chi connectivity index (χ0n) is 35.1. The quantitative estimate of drug-likeness (QED) is 0.101. The van der Waals surface area contributed by atoms with E-state index in [0.717, 1.165) is 90.7 Å². The van der Waals surface area contributed by atoms with Crippen LogP contribution < -0.4 is 16.0 Å². The molecular formula is C51H51N7O5. The lowest BCUT2D eigenvalue weighted by Gasteiger charge is -2.30. The van der Waals surface area contributed by atoms with E-state index in [1.807, 2.05) is 102 Å². The SMILES string of the molecule is O=C(NC[C@@H]1CCCN1C(=O)[C@H](NC(=O)C1CC1)c1ccccc1)c1ccc(C#Cc2ccc(-c3cnc([C@@H]4CCCN4C(=O)[C@H](NC(=O)C4CC4)c4ccccc4)[nH]3)cc2)cc1. The molecule has 12 nitrogen and oxygen atoms in total. The van der Waals surface area contributed by atoms with Crippen molar-refractivity contribution in [3.05, 3.63) is 149 Å². The number of rotatable bonds is 13. The fourth-order valence-corrected chi connectivity index (χ4v) is 8.61. The lowest BCUT2D eigenvalue weighted by Crippen LogP contribution is -2.48. The molecule has 2 aliphatic carbocycles. The van der Waals surface area contributed by atoms with E-state index in [1.165, 1.54) is 0 Å². The Labute approximate surface area is 367 Å². The molecule has 4 atom stereocenters. The summed E-state index contributed by atoms with van der Waals surface area (Å²) in [4.78, 5) is 78.5. The van der Waals surface area contributed by atoms with E-state index in [-0.39, 0.29) is 53.5 Å². The van der Waals surface area contributed by atoms with Crippen LogP contribution in [0.25, 0.3) is 11.3 Å². The molecule has 9 rings (SSSR count). The largest absolute Gasteiger partial charge is 0.350 e. The molecule has 0 bridgehead atoms. The molecule has 0 unspecified atom stereocenters. The Balaban J connectivity index is 0.790. The van der Waals surface area contributed by atoms with E-state index in [2.05, 4.69) is 32.8 Å². The molecule has 1 aromatic heterocycles. The molecular weight excluding hydrogens is 791 g/mol. The average molecular weight is 842 g/mol. The van der Waals surface area contributed by atoms with Crippen LogP contribution in [0, 0.1) is 23.7 Å². The summed E-state index contributed by atoms with van der Waals surface area (Å²) in [6.45, 7) is 1.48. The summed E-state index contributed by atoms with van der Waals surface area (Å²) in [7, 11) is 0. The van der Waals surface area contributed by atoms with Gasteiger partial charge in [0, 0.05) is 54.2 Å². The summed E-state index contributed by atoms with van der Waals surface area (Å²) in [5, 5.41) is 9.05. The zero-order valence-corrected chi connectivity index (χ0v) is 35.1. The first-order valence-corrected chi connectivity index (χ1v) is 22.2. The Morgan fingerprint density at radius 2 is 1.16 bits per heavy atom. The molecule has 5 aromatic rings. The molecule has 0 radical (unpaired) electrons. The van der Waals surface area contributed by atoms with Crippen molar-refractivity contribution < 1.29 is 24.0 Å². The Morgan fingerprint density at radius 1 is 0.635 bits per heavy atom. The lowest BCUT2D eigenvalue weighted by molar-refractivity contribution is -0.138. The molecule has 4 fully saturated rings. The van der Waals surface area contributed by atoms with Crippen LogP contribution in [0.3, 0.4) is 0 Å². The van der Waals surface area contributed by atoms with E-state index in [4.69, 9.17) is 4.98 Å². The highest BCUT2D eigenvalue weighted by Gasteiger charge is 2.40. The molecule has 4 N–H and O–H groups in total. The first kappa shape index (κ1) is 41.4. The number of amides is 5. The van der Waals surface area contributed by atoms with Crippen molar-refractivity contribution in [2.45, 2.75) is 75.5 Å². The molecule has 0 spiro atoms. The van der Waals surface area contributed by atoms with Crippen molar-refractivity contribution in [3.63, 3.8) is 0 Å². The normalized spacial score (nSPS) is 19.0. The average Bonchev–Trinajstić information content (AvgIpc) is 4.21. The lowest BCUT2D eigenvalue weighted by atomic mass is 10.0. The van der Waals surface area contributed by atoms with Gasteiger partial charge in [-0.05, 0) is 104 Å². The third kappa shape index (κ3) is 9.73. The van der Waals surface area contributed by atoms with Crippen molar-refractivity contribution >= 4 is 29.5 Å². The number of benzene rings is 4. The van der Waals surface area contributed by atoms with Gasteiger partial charge in [-0.25, -0.2) is 4.98 Å². The van der Waals surface area contributed by atoms with E-state index < -0.39 is 12.1 Å². The number of H-pyrrole nitrogens is 1. The number of nitrogens with one attached hydrogen (secondary N) is 4. The van der Waals surface area contributed by atoms with E-state index in [1.54, 1.807) is 23.2 Å². The van der Waals surface area contributed by atoms with Crippen molar-refractivity contribution in [1.29, 1.82) is 0 Å². The number of hydrogen-bond donors (Lipinski definition) is 4. The van der Waals surface area contributed by atoms with Crippen LogP contribution in [-0.4, -0.2) is 75.0 Å². The van der Waals surface area contributed by atoms with Gasteiger partial charge in [0.05, 0.1) is 17.9 Å². The third-order valence-electron chi connectivity index (χ3n) is 12.5. The van der Waals surface area contributed by atoms with Crippen LogP contribution in [0.5, 0.6) is 0 Å². The van der Waals surface area contributed by atoms with Crippen molar-refractivity contribution in [3.8, 4) is 23.1 Å². The van der Waals surface area contributed by atoms with Crippen LogP contribution >= 0.6 is 0 Å². The monoisotopic (exact) mass is 841 g/mol. The molecule has 2 saturated heterocycles. The molecule has 63 heavy (non-hydrogen) atoms. The van der Waals surface area contributed by atoms with Crippen molar-refractivity contribution in [1.82, 2.24) is 35.7 Å². The molecule has 4 aromatic carbocycles. The number of carbonyl (C=O) groups is 5. The van der Waals surface area contributed by atoms with E-state index in [9.17, 15) is 24.0 Å². The summed E-state index contributed by atoms with van der Waals surface area (Å²) < 4.78 is 0. The minimum atomic E-state index is -0.756. The highest BCUT2D eigenvalue weighted by atomic mass is 16.2. The second kappa shape index (κ2) is 18.5. The number of carbonyl (C=O) groups excluding carboxylic acids is 5. The Morgan fingerprint density at radius 3 is 1.73 bits per heavy atom. The maximum Gasteiger partial charge on any atom is 0.251 e. The Hall–Kier alpha value is -7.00. The summed E-state index contributed by atoms with van der Waals surface area (Å²) in [6.07, 6.45) is 8.44. The van der Waals surface area contributed by atoms with E-state index in [0.29, 0.717) is 25.2 Å². The van der Waals surface area contributed by atoms with E-state index >= 15 is 0 Å². The fraction of sp³-hybridized carbons (Fsp3) is 0.333. The highest BCUT2D eigenvalue weighted by molar-refractivity contribution is 5.95. The van der Waals surface area contributed by atoms with Crippen molar-refractivity contribution in [2.24, 2.45) is 11.8 Å². The van der Waals surface area contributed by atoms with Gasteiger partial charge in [0.15, 0.2) is 0 Å². The predicted octanol–water partition coefficient (Wildman–Crippen LogP) is 6.40. The molecule has 4 aliphatic rings. The smallest absolute Gasteiger partial charge is 0.251 e. The van der Waals surface area contributed by atoms with Crippen LogP contribution in [0.4, 0.5) is 0 Å². The minimum Gasteiger partial charge on any atom is -0.350 e. The minimum absolute atomic E-state index is 0.00778. The maximum absolute atomic E-state index is 14.0. The number of aromatic nitrogens is 2. The molecule has 12 heteroatoms. The van der Waals surface area contributed by atoms with Gasteiger partial charge in [-0.1, -0.05) is 84.6 Å². The number of likely N-dealkylation sites (tertiary alicyclic amines) is 2. The molecule has 320 valence electrons. The van der Waals surface area contributed by atoms with Gasteiger partial charge in [-0.15, -0.1) is 0 Å². The van der Waals surface area contributed by atoms with Crippen LogP contribution in [-0.2, 0) is 19.2 Å². The van der Waals surface area contributed by atoms with Crippen LogP contribution in [0.15, 0.2) is 115 Å². The standard InChI is InChI=1S/C51H51N7O5/c59-47(53-31-41-13-7-29-57(41)50(62)44(36-9-3-1-4-10-36)55-48(60)39-25-26-39)38-23-19-34(20-24-38)16-15-33-17-21-35(22-18-33)42-32-52-46(54-42)43-14-8-30-58(43)51(63)45(37-11-5-2-6-12-37)56-49(61)40-27-28-40/h1-6,9-12,17-24,32,39-41,43-45H,7-8,13-14,25-31H2,(H,52,54)(H,53,59)(H,55,60)(H,56,61)/t41-,43-,44+,45+/m0/s1. The van der Waals surface area contributed by atoms with Gasteiger partial charge in [0.1, 0.15) is 17.9 Å². The topological polar surface area (TPSA) is 157 Å². The molecule has 5 amide bonds. The van der Waals surface area contributed by atoms with Crippen LogP contribution in [0.1, 0.15) is 108 Å². The van der Waals surface area contributed by atoms with Gasteiger partial charge in [0.25, 0.3) is 5.91 Å². The van der Waals surface area contributed by atoms with Gasteiger partial charge >= 0.3 is 0 Å². The summed E-state index contributed by atoms with van der Waals surface area (Å²) in [5.74, 6) is 6.45. The summed E-state index contributed by atoms with van der Waals surface area (Å²) >= 11 is 0. The first-order valence-electron chi connectivity index (χ1n) is 22.2. The highest BCUT2D eigenvalue weighted by Crippen LogP contribution is 2.36. The van der Waals surface area contributed by atoms with Gasteiger partial charge in [-0.2, -0.15) is 0 Å². The first-order chi connectivity index (χ1) is 30.8. The summed E-state index contributed by atoms with van der Waals surface area (Å²) in [6, 6.07) is 31.9. The number of aromatic amines is 1. The second-order valence-corrected chi connectivity index (χ2v) is 17.1. The maximum atomic E-state index is 14.0. The predicted molar refractivity (Wildman–Crippen MR) is 237 cm³/mol. The fourth-order valence-electron chi connectivity index (χ4n) is 8.61. The number of hydrogen-bond acceptors (Lipinski definition) is 6. The second-order valence-electron chi connectivity index (χ2n) is 17.1. The van der Waals surface area contributed by atoms with Gasteiger partial charge in [0.2, 0.25) is 23.6 Å². The Bertz CT molecular complexity index is 2520. The molecule has 2 aliphatic heterocycles. The Kier molecular flexibility index (Phi) is 12.2. The zero-order chi connectivity index (χ0) is 43.3. The molecule has 3 heterocycles. The number of nitrogens with zero attached hydrogens (tertiary/aromatic N) is 3. The summed E-state index contributed by atoms with van der Waals surface area (Å²) in [5.41, 5.74) is 5.38. The molecule has 2 saturated carbocycles. The van der Waals surface area contributed by atoms with Gasteiger partial charge in [-0.3, -0.25) is 24.0 Å². The third-order valence-corrected chi connectivity index (χ3v) is 12.5.